The Kier molecular flexibility index (Phi) is 3.22. The van der Waals surface area contributed by atoms with Crippen molar-refractivity contribution in [1.82, 2.24) is 24.9 Å². The van der Waals surface area contributed by atoms with Crippen LogP contribution in [0.2, 0.25) is 0 Å². The summed E-state index contributed by atoms with van der Waals surface area (Å²) in [6.07, 6.45) is 0.916. The molecule has 1 fully saturated rings. The molecule has 3 heterocycles. The molecule has 0 aliphatic carbocycles. The van der Waals surface area contributed by atoms with Gasteiger partial charge in [0.05, 0.1) is 0 Å². The Morgan fingerprint density at radius 3 is 3.11 bits per heavy atom. The molecule has 1 atom stereocenters. The third-order valence-electron chi connectivity index (χ3n) is 3.19. The van der Waals surface area contributed by atoms with Crippen molar-refractivity contribution in [2.45, 2.75) is 26.3 Å². The molecule has 6 heteroatoms. The molecule has 5 nitrogen and oxygen atoms in total. The van der Waals surface area contributed by atoms with Crippen LogP contribution in [0, 0.1) is 13.8 Å². The topological polar surface area (TPSA) is 55.1 Å². The second-order valence-corrected chi connectivity index (χ2v) is 5.87. The molecule has 0 saturated carbocycles. The predicted molar refractivity (Wildman–Crippen MR) is 73.1 cm³/mol. The number of nitrogens with one attached hydrogen (secondary N) is 1. The molecule has 0 bridgehead atoms. The first-order chi connectivity index (χ1) is 8.74. The highest BCUT2D eigenvalue weighted by atomic mass is 32.2. The summed E-state index contributed by atoms with van der Waals surface area (Å²) in [6, 6.07) is 2.57. The molecule has 18 heavy (non-hydrogen) atoms. The van der Waals surface area contributed by atoms with Gasteiger partial charge < -0.3 is 5.32 Å². The van der Waals surface area contributed by atoms with Crippen LogP contribution in [0.3, 0.4) is 0 Å². The zero-order valence-electron chi connectivity index (χ0n) is 10.7. The average molecular weight is 263 g/mol. The SMILES string of the molecule is Cc1cc(C)n2c(CC3CSCCN3)nnc2n1. The molecule has 0 radical (unpaired) electrons. The van der Waals surface area contributed by atoms with E-state index in [4.69, 9.17) is 0 Å². The average Bonchev–Trinajstić information content (AvgIpc) is 2.73. The minimum absolute atomic E-state index is 0.497. The summed E-state index contributed by atoms with van der Waals surface area (Å²) >= 11 is 2.00. The number of rotatable bonds is 2. The monoisotopic (exact) mass is 263 g/mol. The van der Waals surface area contributed by atoms with Gasteiger partial charge in [0, 0.05) is 41.9 Å². The molecule has 0 aromatic carbocycles. The lowest BCUT2D eigenvalue weighted by Crippen LogP contribution is -2.39. The van der Waals surface area contributed by atoms with Crippen molar-refractivity contribution in [3.05, 3.63) is 23.3 Å². The number of aromatic nitrogens is 4. The van der Waals surface area contributed by atoms with Crippen molar-refractivity contribution in [2.75, 3.05) is 18.1 Å². The molecule has 1 aliphatic rings. The maximum atomic E-state index is 4.41. The summed E-state index contributed by atoms with van der Waals surface area (Å²) in [5, 5.41) is 12.0. The van der Waals surface area contributed by atoms with Gasteiger partial charge >= 0.3 is 0 Å². The van der Waals surface area contributed by atoms with Gasteiger partial charge in [-0.3, -0.25) is 4.40 Å². The van der Waals surface area contributed by atoms with Crippen molar-refractivity contribution in [3.8, 4) is 0 Å². The molecule has 0 spiro atoms. The minimum Gasteiger partial charge on any atom is -0.312 e. The molecular weight excluding hydrogens is 246 g/mol. The highest BCUT2D eigenvalue weighted by molar-refractivity contribution is 7.99. The number of hydrogen-bond donors (Lipinski definition) is 1. The normalized spacial score (nSPS) is 20.4. The molecule has 0 amide bonds. The standard InChI is InChI=1S/C12H17N5S/c1-8-5-9(2)17-11(15-16-12(17)14-8)6-10-7-18-4-3-13-10/h5,10,13H,3-4,6-7H2,1-2H3. The highest BCUT2D eigenvalue weighted by Gasteiger charge is 2.17. The first-order valence-corrected chi connectivity index (χ1v) is 7.39. The van der Waals surface area contributed by atoms with Crippen LogP contribution in [-0.4, -0.2) is 43.7 Å². The van der Waals surface area contributed by atoms with Crippen LogP contribution in [0.4, 0.5) is 0 Å². The second-order valence-electron chi connectivity index (χ2n) is 4.72. The zero-order chi connectivity index (χ0) is 12.5. The minimum atomic E-state index is 0.497. The number of fused-ring (bicyclic) bond motifs is 1. The molecule has 96 valence electrons. The predicted octanol–water partition coefficient (Wildman–Crippen LogP) is 0.989. The molecule has 1 unspecified atom stereocenters. The first-order valence-electron chi connectivity index (χ1n) is 6.23. The fraction of sp³-hybridized carbons (Fsp3) is 0.583. The number of aryl methyl sites for hydroxylation is 2. The fourth-order valence-electron chi connectivity index (χ4n) is 2.40. The summed E-state index contributed by atoms with van der Waals surface area (Å²) in [5.74, 6) is 4.07. The van der Waals surface area contributed by atoms with Gasteiger partial charge in [-0.2, -0.15) is 11.8 Å². The first kappa shape index (κ1) is 11.9. The molecule has 2 aromatic rings. The summed E-state index contributed by atoms with van der Waals surface area (Å²) in [7, 11) is 0. The van der Waals surface area contributed by atoms with Crippen LogP contribution >= 0.6 is 11.8 Å². The van der Waals surface area contributed by atoms with E-state index in [1.165, 1.54) is 5.75 Å². The van der Waals surface area contributed by atoms with Crippen LogP contribution in [0.5, 0.6) is 0 Å². The lowest BCUT2D eigenvalue weighted by Gasteiger charge is -2.22. The largest absolute Gasteiger partial charge is 0.312 e. The molecule has 2 aromatic heterocycles. The Labute approximate surface area is 110 Å². The highest BCUT2D eigenvalue weighted by Crippen LogP contribution is 2.14. The van der Waals surface area contributed by atoms with E-state index in [0.29, 0.717) is 11.8 Å². The Balaban J connectivity index is 1.92. The third kappa shape index (κ3) is 2.22. The van der Waals surface area contributed by atoms with E-state index in [1.807, 2.05) is 18.7 Å². The van der Waals surface area contributed by atoms with Crippen molar-refractivity contribution in [3.63, 3.8) is 0 Å². The van der Waals surface area contributed by atoms with Gasteiger partial charge in [0.2, 0.25) is 0 Å². The number of nitrogens with zero attached hydrogens (tertiary/aromatic N) is 4. The van der Waals surface area contributed by atoms with Gasteiger partial charge in [-0.1, -0.05) is 0 Å². The summed E-state index contributed by atoms with van der Waals surface area (Å²) in [4.78, 5) is 4.41. The second kappa shape index (κ2) is 4.85. The maximum absolute atomic E-state index is 4.41. The zero-order valence-corrected chi connectivity index (χ0v) is 11.5. The van der Waals surface area contributed by atoms with E-state index >= 15 is 0 Å². The van der Waals surface area contributed by atoms with Crippen molar-refractivity contribution in [2.24, 2.45) is 0 Å². The van der Waals surface area contributed by atoms with Crippen LogP contribution < -0.4 is 5.32 Å². The molecule has 1 aliphatic heterocycles. The summed E-state index contributed by atoms with van der Waals surface area (Å²) in [5.41, 5.74) is 2.14. The number of hydrogen-bond acceptors (Lipinski definition) is 5. The molecule has 1 saturated heterocycles. The Hall–Kier alpha value is -1.14. The van der Waals surface area contributed by atoms with E-state index in [2.05, 4.69) is 37.9 Å². The van der Waals surface area contributed by atoms with Crippen molar-refractivity contribution in [1.29, 1.82) is 0 Å². The summed E-state index contributed by atoms with van der Waals surface area (Å²) in [6.45, 7) is 5.15. The smallest absolute Gasteiger partial charge is 0.255 e. The Morgan fingerprint density at radius 2 is 2.33 bits per heavy atom. The van der Waals surface area contributed by atoms with Crippen molar-refractivity contribution >= 4 is 17.5 Å². The molecule has 3 rings (SSSR count). The lowest BCUT2D eigenvalue weighted by molar-refractivity contribution is 0.547. The van der Waals surface area contributed by atoms with E-state index in [9.17, 15) is 0 Å². The summed E-state index contributed by atoms with van der Waals surface area (Å²) < 4.78 is 2.06. The Morgan fingerprint density at radius 1 is 1.44 bits per heavy atom. The van der Waals surface area contributed by atoms with E-state index in [1.54, 1.807) is 0 Å². The fourth-order valence-corrected chi connectivity index (χ4v) is 3.35. The van der Waals surface area contributed by atoms with Crippen molar-refractivity contribution < 1.29 is 0 Å². The van der Waals surface area contributed by atoms with E-state index < -0.39 is 0 Å². The van der Waals surface area contributed by atoms with Gasteiger partial charge in [-0.05, 0) is 19.9 Å². The van der Waals surface area contributed by atoms with Gasteiger partial charge in [-0.15, -0.1) is 10.2 Å². The van der Waals surface area contributed by atoms with E-state index in [0.717, 1.165) is 35.9 Å². The van der Waals surface area contributed by atoms with Gasteiger partial charge in [0.15, 0.2) is 0 Å². The quantitative estimate of drug-likeness (QED) is 0.875. The van der Waals surface area contributed by atoms with Gasteiger partial charge in [-0.25, -0.2) is 4.98 Å². The Bertz CT molecular complexity index is 559. The lowest BCUT2D eigenvalue weighted by atomic mass is 10.2. The molecular formula is C12H17N5S. The van der Waals surface area contributed by atoms with Crippen LogP contribution in [0.15, 0.2) is 6.07 Å². The van der Waals surface area contributed by atoms with Crippen LogP contribution in [-0.2, 0) is 6.42 Å². The van der Waals surface area contributed by atoms with E-state index in [-0.39, 0.29) is 0 Å². The van der Waals surface area contributed by atoms with Crippen LogP contribution in [0.25, 0.3) is 5.78 Å². The molecule has 1 N–H and O–H groups in total. The maximum Gasteiger partial charge on any atom is 0.255 e. The van der Waals surface area contributed by atoms with Gasteiger partial charge in [0.1, 0.15) is 5.82 Å². The number of thioether (sulfide) groups is 1. The third-order valence-corrected chi connectivity index (χ3v) is 4.32. The van der Waals surface area contributed by atoms with Gasteiger partial charge in [0.25, 0.3) is 5.78 Å². The van der Waals surface area contributed by atoms with Crippen LogP contribution in [0.1, 0.15) is 17.2 Å².